The molecule has 1 aliphatic rings. The number of hydrogen-bond donors (Lipinski definition) is 2. The molecular formula is C20H29N3O5S. The van der Waals surface area contributed by atoms with Crippen LogP contribution >= 0.6 is 0 Å². The Morgan fingerprint density at radius 1 is 1.03 bits per heavy atom. The SMILES string of the molecule is CC(=O)c1ccc(S(=O)(=O)N(C)CC(=O)NCCC(=O)NC2CCCCC2)cc1. The van der Waals surface area contributed by atoms with Gasteiger partial charge < -0.3 is 10.6 Å². The van der Waals surface area contributed by atoms with Crippen LogP contribution in [0.1, 0.15) is 55.8 Å². The zero-order valence-corrected chi connectivity index (χ0v) is 17.8. The summed E-state index contributed by atoms with van der Waals surface area (Å²) in [5.74, 6) is -0.750. The van der Waals surface area contributed by atoms with Crippen LogP contribution in [0.5, 0.6) is 0 Å². The lowest BCUT2D eigenvalue weighted by atomic mass is 9.95. The number of hydrogen-bond acceptors (Lipinski definition) is 5. The van der Waals surface area contributed by atoms with Crippen LogP contribution in [0.2, 0.25) is 0 Å². The van der Waals surface area contributed by atoms with E-state index in [2.05, 4.69) is 10.6 Å². The zero-order valence-electron chi connectivity index (χ0n) is 16.9. The molecule has 0 bridgehead atoms. The highest BCUT2D eigenvalue weighted by molar-refractivity contribution is 7.89. The van der Waals surface area contributed by atoms with Crippen molar-refractivity contribution in [2.75, 3.05) is 20.1 Å². The van der Waals surface area contributed by atoms with Crippen molar-refractivity contribution < 1.29 is 22.8 Å². The maximum absolute atomic E-state index is 12.5. The standard InChI is InChI=1S/C20H29N3O5S/c1-15(24)16-8-10-18(11-9-16)29(27,28)23(2)14-20(26)21-13-12-19(25)22-17-6-4-3-5-7-17/h8-11,17H,3-7,12-14H2,1-2H3,(H,21,26)(H,22,25). The quantitative estimate of drug-likeness (QED) is 0.584. The molecule has 0 unspecified atom stereocenters. The summed E-state index contributed by atoms with van der Waals surface area (Å²) in [5.41, 5.74) is 0.413. The normalized spacial score (nSPS) is 15.1. The van der Waals surface area contributed by atoms with Gasteiger partial charge >= 0.3 is 0 Å². The van der Waals surface area contributed by atoms with Gasteiger partial charge in [0.15, 0.2) is 5.78 Å². The first-order valence-electron chi connectivity index (χ1n) is 9.83. The van der Waals surface area contributed by atoms with Gasteiger partial charge in [-0.15, -0.1) is 0 Å². The topological polar surface area (TPSA) is 113 Å². The lowest BCUT2D eigenvalue weighted by Crippen LogP contribution is -2.41. The second-order valence-electron chi connectivity index (χ2n) is 7.34. The third-order valence-electron chi connectivity index (χ3n) is 4.98. The Bertz CT molecular complexity index is 830. The van der Waals surface area contributed by atoms with Crippen LogP contribution in [0.15, 0.2) is 29.2 Å². The number of likely N-dealkylation sites (N-methyl/N-ethyl adjacent to an activating group) is 1. The molecule has 1 fully saturated rings. The van der Waals surface area contributed by atoms with Crippen molar-refractivity contribution in [2.24, 2.45) is 0 Å². The van der Waals surface area contributed by atoms with E-state index in [9.17, 15) is 22.8 Å². The fourth-order valence-electron chi connectivity index (χ4n) is 3.25. The van der Waals surface area contributed by atoms with Crippen LogP contribution in [0.4, 0.5) is 0 Å². The van der Waals surface area contributed by atoms with Crippen LogP contribution in [0.3, 0.4) is 0 Å². The van der Waals surface area contributed by atoms with Crippen LogP contribution in [0, 0.1) is 0 Å². The summed E-state index contributed by atoms with van der Waals surface area (Å²) in [4.78, 5) is 35.3. The van der Waals surface area contributed by atoms with Crippen molar-refractivity contribution in [3.63, 3.8) is 0 Å². The first-order chi connectivity index (χ1) is 13.7. The molecule has 0 atom stereocenters. The number of Topliss-reactive ketones (excluding diaryl/α,β-unsaturated/α-hetero) is 1. The minimum absolute atomic E-state index is 0.00431. The highest BCUT2D eigenvalue weighted by Gasteiger charge is 2.23. The van der Waals surface area contributed by atoms with Gasteiger partial charge in [0.25, 0.3) is 0 Å². The average Bonchev–Trinajstić information content (AvgIpc) is 2.68. The molecule has 1 aliphatic carbocycles. The maximum atomic E-state index is 12.5. The van der Waals surface area contributed by atoms with Gasteiger partial charge in [0.1, 0.15) is 0 Å². The van der Waals surface area contributed by atoms with Gasteiger partial charge in [-0.3, -0.25) is 14.4 Å². The monoisotopic (exact) mass is 423 g/mol. The molecule has 9 heteroatoms. The molecule has 1 aromatic rings. The van der Waals surface area contributed by atoms with E-state index < -0.39 is 15.9 Å². The van der Waals surface area contributed by atoms with E-state index in [4.69, 9.17) is 0 Å². The number of sulfonamides is 1. The van der Waals surface area contributed by atoms with Gasteiger partial charge in [-0.2, -0.15) is 4.31 Å². The fourth-order valence-corrected chi connectivity index (χ4v) is 4.37. The van der Waals surface area contributed by atoms with Gasteiger partial charge in [0.2, 0.25) is 21.8 Å². The minimum Gasteiger partial charge on any atom is -0.354 e. The van der Waals surface area contributed by atoms with Crippen LogP contribution in [-0.2, 0) is 19.6 Å². The number of amides is 2. The predicted molar refractivity (Wildman–Crippen MR) is 109 cm³/mol. The highest BCUT2D eigenvalue weighted by atomic mass is 32.2. The molecule has 0 saturated heterocycles. The van der Waals surface area contributed by atoms with Crippen molar-refractivity contribution >= 4 is 27.6 Å². The van der Waals surface area contributed by atoms with Crippen molar-refractivity contribution in [3.8, 4) is 0 Å². The van der Waals surface area contributed by atoms with Crippen molar-refractivity contribution in [1.82, 2.24) is 14.9 Å². The van der Waals surface area contributed by atoms with Crippen LogP contribution < -0.4 is 10.6 Å². The first kappa shape index (κ1) is 23.0. The lowest BCUT2D eigenvalue weighted by Gasteiger charge is -2.22. The first-order valence-corrected chi connectivity index (χ1v) is 11.3. The fraction of sp³-hybridized carbons (Fsp3) is 0.550. The predicted octanol–water partition coefficient (Wildman–Crippen LogP) is 1.46. The molecule has 2 rings (SSSR count). The number of nitrogens with one attached hydrogen (secondary N) is 2. The Balaban J connectivity index is 1.78. The number of benzene rings is 1. The van der Waals surface area contributed by atoms with Crippen LogP contribution in [0.25, 0.3) is 0 Å². The number of rotatable bonds is 9. The van der Waals surface area contributed by atoms with E-state index >= 15 is 0 Å². The Morgan fingerprint density at radius 2 is 1.66 bits per heavy atom. The summed E-state index contributed by atoms with van der Waals surface area (Å²) in [6.45, 7) is 1.19. The van der Waals surface area contributed by atoms with E-state index in [1.807, 2.05) is 0 Å². The third kappa shape index (κ3) is 6.93. The Morgan fingerprint density at radius 3 is 2.24 bits per heavy atom. The van der Waals surface area contributed by atoms with Gasteiger partial charge in [-0.05, 0) is 31.9 Å². The zero-order chi connectivity index (χ0) is 21.4. The summed E-state index contributed by atoms with van der Waals surface area (Å²) in [7, 11) is -2.55. The molecule has 0 heterocycles. The highest BCUT2D eigenvalue weighted by Crippen LogP contribution is 2.17. The van der Waals surface area contributed by atoms with Crippen molar-refractivity contribution in [1.29, 1.82) is 0 Å². The second-order valence-corrected chi connectivity index (χ2v) is 9.39. The summed E-state index contributed by atoms with van der Waals surface area (Å²) in [6.07, 6.45) is 5.60. The molecule has 2 amide bonds. The second kappa shape index (κ2) is 10.5. The molecule has 1 saturated carbocycles. The Hall–Kier alpha value is -2.26. The van der Waals surface area contributed by atoms with Gasteiger partial charge in [0.05, 0.1) is 11.4 Å². The van der Waals surface area contributed by atoms with Gasteiger partial charge in [0, 0.05) is 31.6 Å². The molecule has 0 aliphatic heterocycles. The van der Waals surface area contributed by atoms with E-state index in [-0.39, 0.29) is 42.1 Å². The van der Waals surface area contributed by atoms with E-state index in [1.165, 1.54) is 44.7 Å². The molecule has 160 valence electrons. The molecule has 8 nitrogen and oxygen atoms in total. The summed E-state index contributed by atoms with van der Waals surface area (Å²) >= 11 is 0. The minimum atomic E-state index is -3.86. The molecule has 29 heavy (non-hydrogen) atoms. The van der Waals surface area contributed by atoms with Crippen LogP contribution in [-0.4, -0.2) is 56.5 Å². The van der Waals surface area contributed by atoms with Crippen molar-refractivity contribution in [3.05, 3.63) is 29.8 Å². The molecular weight excluding hydrogens is 394 g/mol. The number of nitrogens with zero attached hydrogens (tertiary/aromatic N) is 1. The summed E-state index contributed by atoms with van der Waals surface area (Å²) in [6, 6.07) is 5.78. The Kier molecular flexibility index (Phi) is 8.33. The number of carbonyl (C=O) groups excluding carboxylic acids is 3. The van der Waals surface area contributed by atoms with Gasteiger partial charge in [-0.1, -0.05) is 31.4 Å². The summed E-state index contributed by atoms with van der Waals surface area (Å²) < 4.78 is 26.0. The third-order valence-corrected chi connectivity index (χ3v) is 6.80. The smallest absolute Gasteiger partial charge is 0.243 e. The molecule has 1 aromatic carbocycles. The van der Waals surface area contributed by atoms with E-state index in [0.29, 0.717) is 5.56 Å². The summed E-state index contributed by atoms with van der Waals surface area (Å²) in [5, 5.41) is 5.55. The molecule has 0 spiro atoms. The van der Waals surface area contributed by atoms with Crippen molar-refractivity contribution in [2.45, 2.75) is 56.4 Å². The van der Waals surface area contributed by atoms with E-state index in [1.54, 1.807) is 0 Å². The lowest BCUT2D eigenvalue weighted by molar-refractivity contribution is -0.122. The molecule has 2 N–H and O–H groups in total. The molecule has 0 aromatic heterocycles. The number of carbonyl (C=O) groups is 3. The average molecular weight is 424 g/mol. The largest absolute Gasteiger partial charge is 0.354 e. The molecule has 0 radical (unpaired) electrons. The number of ketones is 1. The van der Waals surface area contributed by atoms with E-state index in [0.717, 1.165) is 30.0 Å². The Labute approximate surface area is 172 Å². The maximum Gasteiger partial charge on any atom is 0.243 e. The van der Waals surface area contributed by atoms with Gasteiger partial charge in [-0.25, -0.2) is 8.42 Å².